The lowest BCUT2D eigenvalue weighted by atomic mass is 10.3. The van der Waals surface area contributed by atoms with Crippen molar-refractivity contribution in [3.05, 3.63) is 40.2 Å². The van der Waals surface area contributed by atoms with Crippen molar-refractivity contribution in [2.45, 2.75) is 0 Å². The van der Waals surface area contributed by atoms with Crippen LogP contribution in [0.5, 0.6) is 5.75 Å². The quantitative estimate of drug-likeness (QED) is 0.372. The maximum Gasteiger partial charge on any atom is 0.347 e. The van der Waals surface area contributed by atoms with Crippen LogP contribution >= 0.6 is 22.6 Å². The molecule has 74 valence electrons. The topological polar surface area (TPSA) is 35.5 Å². The van der Waals surface area contributed by atoms with Crippen molar-refractivity contribution < 1.29 is 14.3 Å². The van der Waals surface area contributed by atoms with Gasteiger partial charge in [-0.15, -0.1) is 0 Å². The van der Waals surface area contributed by atoms with Crippen LogP contribution in [0.3, 0.4) is 0 Å². The summed E-state index contributed by atoms with van der Waals surface area (Å²) in [5, 5.41) is 0. The molecule has 0 aromatic heterocycles. The Kier molecular flexibility index (Phi) is 4.45. The molecule has 1 rings (SSSR count). The summed E-state index contributed by atoms with van der Waals surface area (Å²) in [5.41, 5.74) is 0. The monoisotopic (exact) mass is 304 g/mol. The summed E-state index contributed by atoms with van der Waals surface area (Å²) in [6.45, 7) is 0. The number of carbonyl (C=O) groups is 1. The second-order valence-electron chi connectivity index (χ2n) is 2.39. The van der Waals surface area contributed by atoms with Crippen molar-refractivity contribution in [3.63, 3.8) is 0 Å². The highest BCUT2D eigenvalue weighted by Gasteiger charge is 2.04. The van der Waals surface area contributed by atoms with E-state index < -0.39 is 5.97 Å². The number of rotatable bonds is 3. The minimum atomic E-state index is -0.401. The summed E-state index contributed by atoms with van der Waals surface area (Å²) in [5.74, 6) is 0.284. The normalized spacial score (nSPS) is 10.9. The largest absolute Gasteiger partial charge is 0.465 e. The minimum absolute atomic E-state index is 0.397. The van der Waals surface area contributed by atoms with Crippen molar-refractivity contribution in [1.29, 1.82) is 0 Å². The molecule has 0 saturated carbocycles. The third-order valence-electron chi connectivity index (χ3n) is 1.42. The average molecular weight is 304 g/mol. The van der Waals surface area contributed by atoms with E-state index in [9.17, 15) is 4.79 Å². The second kappa shape index (κ2) is 5.64. The van der Waals surface area contributed by atoms with Crippen LogP contribution in [0.15, 0.2) is 40.2 Å². The summed E-state index contributed by atoms with van der Waals surface area (Å²) in [7, 11) is 1.33. The molecule has 0 aliphatic heterocycles. The Morgan fingerprint density at radius 3 is 2.57 bits per heavy atom. The molecule has 0 radical (unpaired) electrons. The van der Waals surface area contributed by atoms with Gasteiger partial charge >= 0.3 is 5.97 Å². The van der Waals surface area contributed by atoms with Gasteiger partial charge < -0.3 is 9.47 Å². The van der Waals surface area contributed by atoms with E-state index in [1.807, 2.05) is 40.8 Å². The number of methoxy groups -OCH3 is 1. The van der Waals surface area contributed by atoms with Crippen LogP contribution in [0.25, 0.3) is 0 Å². The van der Waals surface area contributed by atoms with Crippen LogP contribution in [-0.2, 0) is 9.53 Å². The average Bonchev–Trinajstić information content (AvgIpc) is 2.26. The van der Waals surface area contributed by atoms with E-state index in [0.29, 0.717) is 9.33 Å². The molecule has 0 unspecified atom stereocenters. The summed E-state index contributed by atoms with van der Waals surface area (Å²) < 4.78 is 10.1. The Morgan fingerprint density at radius 1 is 1.36 bits per heavy atom. The Labute approximate surface area is 95.9 Å². The van der Waals surface area contributed by atoms with Crippen LogP contribution in [-0.4, -0.2) is 13.1 Å². The summed E-state index contributed by atoms with van der Waals surface area (Å²) in [6.07, 6.45) is 1.36. The molecule has 0 heterocycles. The van der Waals surface area contributed by atoms with E-state index in [0.717, 1.165) is 0 Å². The number of halogens is 1. The number of benzene rings is 1. The maximum absolute atomic E-state index is 11.0. The lowest BCUT2D eigenvalue weighted by molar-refractivity contribution is -0.135. The number of ether oxygens (including phenoxy) is 2. The Bertz CT molecular complexity index is 332. The van der Waals surface area contributed by atoms with Gasteiger partial charge in [0.2, 0.25) is 0 Å². The smallest absolute Gasteiger partial charge is 0.347 e. The molecule has 0 N–H and O–H groups in total. The first kappa shape index (κ1) is 11.0. The van der Waals surface area contributed by atoms with E-state index in [-0.39, 0.29) is 0 Å². The van der Waals surface area contributed by atoms with E-state index >= 15 is 0 Å². The van der Waals surface area contributed by atoms with Crippen LogP contribution in [0.2, 0.25) is 0 Å². The Hall–Kier alpha value is -1.04. The van der Waals surface area contributed by atoms with Crippen molar-refractivity contribution in [3.8, 4) is 5.75 Å². The molecule has 0 aliphatic carbocycles. The molecule has 0 amide bonds. The molecule has 0 spiro atoms. The molecule has 1 aromatic carbocycles. The zero-order valence-electron chi connectivity index (χ0n) is 7.57. The van der Waals surface area contributed by atoms with Crippen molar-refractivity contribution in [2.24, 2.45) is 0 Å². The molecule has 14 heavy (non-hydrogen) atoms. The SMILES string of the molecule is COC(=O)C(I)=COc1ccccc1. The van der Waals surface area contributed by atoms with Crippen LogP contribution < -0.4 is 4.74 Å². The van der Waals surface area contributed by atoms with Gasteiger partial charge in [-0.25, -0.2) is 4.79 Å². The third-order valence-corrected chi connectivity index (χ3v) is 2.12. The maximum atomic E-state index is 11.0. The predicted octanol–water partition coefficient (Wildman–Crippen LogP) is 2.51. The molecule has 4 heteroatoms. The number of carbonyl (C=O) groups excluding carboxylic acids is 1. The molecule has 3 nitrogen and oxygen atoms in total. The van der Waals surface area contributed by atoms with E-state index in [1.54, 1.807) is 12.1 Å². The fourth-order valence-electron chi connectivity index (χ4n) is 0.764. The zero-order chi connectivity index (χ0) is 10.4. The highest BCUT2D eigenvalue weighted by molar-refractivity contribution is 14.1. The molecular formula is C10H9IO3. The van der Waals surface area contributed by atoms with Crippen molar-refractivity contribution >= 4 is 28.6 Å². The summed E-state index contributed by atoms with van der Waals surface area (Å²) in [6, 6.07) is 9.21. The minimum Gasteiger partial charge on any atom is -0.465 e. The first-order chi connectivity index (χ1) is 6.74. The number of para-hydroxylation sites is 1. The number of hydrogen-bond donors (Lipinski definition) is 0. The van der Waals surface area contributed by atoms with Gasteiger partial charge in [-0.2, -0.15) is 0 Å². The van der Waals surface area contributed by atoms with Gasteiger partial charge in [-0.3, -0.25) is 0 Å². The predicted molar refractivity (Wildman–Crippen MR) is 61.2 cm³/mol. The number of esters is 1. The van der Waals surface area contributed by atoms with Gasteiger partial charge in [0.1, 0.15) is 15.6 Å². The first-order valence-corrected chi connectivity index (χ1v) is 4.97. The van der Waals surface area contributed by atoms with Gasteiger partial charge in [-0.05, 0) is 34.7 Å². The first-order valence-electron chi connectivity index (χ1n) is 3.89. The molecule has 0 saturated heterocycles. The fourth-order valence-corrected chi connectivity index (χ4v) is 1.11. The van der Waals surface area contributed by atoms with Gasteiger partial charge in [0.25, 0.3) is 0 Å². The highest BCUT2D eigenvalue weighted by atomic mass is 127. The zero-order valence-corrected chi connectivity index (χ0v) is 9.72. The molecule has 1 aromatic rings. The van der Waals surface area contributed by atoms with Gasteiger partial charge in [0.05, 0.1) is 7.11 Å². The Balaban J connectivity index is 2.59. The lowest BCUT2D eigenvalue weighted by Crippen LogP contribution is -2.00. The molecular weight excluding hydrogens is 295 g/mol. The van der Waals surface area contributed by atoms with Crippen LogP contribution in [0.1, 0.15) is 0 Å². The Morgan fingerprint density at radius 2 is 2.00 bits per heavy atom. The standard InChI is InChI=1S/C10H9IO3/c1-13-10(12)9(11)7-14-8-5-3-2-4-6-8/h2-7H,1H3. The van der Waals surface area contributed by atoms with Gasteiger partial charge in [0, 0.05) is 0 Å². The van der Waals surface area contributed by atoms with E-state index in [1.165, 1.54) is 13.4 Å². The van der Waals surface area contributed by atoms with Crippen LogP contribution in [0, 0.1) is 0 Å². The molecule has 0 bridgehead atoms. The third kappa shape index (κ3) is 3.37. The van der Waals surface area contributed by atoms with Crippen molar-refractivity contribution in [1.82, 2.24) is 0 Å². The molecule has 0 aliphatic rings. The van der Waals surface area contributed by atoms with E-state index in [2.05, 4.69) is 4.74 Å². The fraction of sp³-hybridized carbons (Fsp3) is 0.100. The van der Waals surface area contributed by atoms with Crippen LogP contribution in [0.4, 0.5) is 0 Å². The highest BCUT2D eigenvalue weighted by Crippen LogP contribution is 2.13. The number of hydrogen-bond acceptors (Lipinski definition) is 3. The van der Waals surface area contributed by atoms with Gasteiger partial charge in [0.15, 0.2) is 0 Å². The van der Waals surface area contributed by atoms with Gasteiger partial charge in [-0.1, -0.05) is 18.2 Å². The molecule has 0 fully saturated rings. The summed E-state index contributed by atoms with van der Waals surface area (Å²) >= 11 is 1.86. The summed E-state index contributed by atoms with van der Waals surface area (Å²) in [4.78, 5) is 11.0. The second-order valence-corrected chi connectivity index (χ2v) is 3.55. The van der Waals surface area contributed by atoms with Crippen molar-refractivity contribution in [2.75, 3.05) is 7.11 Å². The van der Waals surface area contributed by atoms with E-state index in [4.69, 9.17) is 4.74 Å². The lowest BCUT2D eigenvalue weighted by Gasteiger charge is -2.00. The molecule has 0 atom stereocenters.